The van der Waals surface area contributed by atoms with Gasteiger partial charge < -0.3 is 14.4 Å². The Morgan fingerprint density at radius 1 is 1.26 bits per heavy atom. The van der Waals surface area contributed by atoms with Gasteiger partial charge in [-0.2, -0.15) is 11.3 Å². The van der Waals surface area contributed by atoms with Crippen molar-refractivity contribution in [2.75, 3.05) is 20.3 Å². The van der Waals surface area contributed by atoms with Crippen LogP contribution < -0.4 is 4.74 Å². The van der Waals surface area contributed by atoms with Gasteiger partial charge in [0.1, 0.15) is 12.4 Å². The highest BCUT2D eigenvalue weighted by Crippen LogP contribution is 2.38. The van der Waals surface area contributed by atoms with Crippen molar-refractivity contribution in [3.8, 4) is 5.75 Å². The van der Waals surface area contributed by atoms with Gasteiger partial charge in [0.05, 0.1) is 18.2 Å². The maximum atomic E-state index is 12.8. The summed E-state index contributed by atoms with van der Waals surface area (Å²) in [6.45, 7) is 1.71. The molecule has 1 atom stereocenters. The van der Waals surface area contributed by atoms with Crippen molar-refractivity contribution in [3.05, 3.63) is 51.7 Å². The van der Waals surface area contributed by atoms with Gasteiger partial charge in [-0.3, -0.25) is 4.79 Å². The van der Waals surface area contributed by atoms with Gasteiger partial charge in [-0.05, 0) is 47.9 Å². The topological polar surface area (TPSA) is 38.8 Å². The molecule has 0 spiro atoms. The molecule has 1 aliphatic heterocycles. The standard InChI is InChI=1S/C22H27NO3S/c1-25-21(16-5-3-2-4-6-16)17-7-8-20-19(13-17)14-23(10-11-26-20)22(24)18-9-12-27-15-18/h7-9,12-13,15-16,21H,2-6,10-11,14H2,1H3/t21-/m1/s1. The number of carbonyl (C=O) groups is 1. The number of methoxy groups -OCH3 is 1. The Hall–Kier alpha value is -1.85. The van der Waals surface area contributed by atoms with Crippen LogP contribution in [-0.2, 0) is 11.3 Å². The predicted molar refractivity (Wildman–Crippen MR) is 107 cm³/mol. The Morgan fingerprint density at radius 3 is 2.85 bits per heavy atom. The fraction of sp³-hybridized carbons (Fsp3) is 0.500. The number of thiophene rings is 1. The minimum atomic E-state index is 0.0775. The van der Waals surface area contributed by atoms with Crippen LogP contribution >= 0.6 is 11.3 Å². The first kappa shape index (κ1) is 18.5. The van der Waals surface area contributed by atoms with Crippen molar-refractivity contribution in [1.82, 2.24) is 4.90 Å². The van der Waals surface area contributed by atoms with E-state index in [4.69, 9.17) is 9.47 Å². The van der Waals surface area contributed by atoms with E-state index in [2.05, 4.69) is 18.2 Å². The van der Waals surface area contributed by atoms with Crippen LogP contribution in [0.3, 0.4) is 0 Å². The number of nitrogens with zero attached hydrogens (tertiary/aromatic N) is 1. The van der Waals surface area contributed by atoms with E-state index in [1.54, 1.807) is 11.3 Å². The SMILES string of the molecule is CO[C@@H](c1ccc2c(c1)CN(C(=O)c1ccsc1)CCO2)C1CCCCC1. The van der Waals surface area contributed by atoms with Gasteiger partial charge in [0.15, 0.2) is 0 Å². The van der Waals surface area contributed by atoms with E-state index in [1.807, 2.05) is 28.8 Å². The molecule has 1 saturated carbocycles. The molecule has 2 aromatic rings. The van der Waals surface area contributed by atoms with Crippen LogP contribution in [0.5, 0.6) is 5.75 Å². The summed E-state index contributed by atoms with van der Waals surface area (Å²) in [6, 6.07) is 8.27. The maximum absolute atomic E-state index is 12.8. The summed E-state index contributed by atoms with van der Waals surface area (Å²) >= 11 is 1.55. The summed E-state index contributed by atoms with van der Waals surface area (Å²) in [4.78, 5) is 14.7. The lowest BCUT2D eigenvalue weighted by molar-refractivity contribution is 0.0353. The lowest BCUT2D eigenvalue weighted by atomic mass is 9.82. The molecule has 27 heavy (non-hydrogen) atoms. The quantitative estimate of drug-likeness (QED) is 0.739. The molecule has 4 rings (SSSR count). The van der Waals surface area contributed by atoms with Gasteiger partial charge in [0.25, 0.3) is 5.91 Å². The second-order valence-electron chi connectivity index (χ2n) is 7.51. The monoisotopic (exact) mass is 385 g/mol. The molecule has 1 amide bonds. The number of ether oxygens (including phenoxy) is 2. The molecule has 4 nitrogen and oxygen atoms in total. The van der Waals surface area contributed by atoms with Gasteiger partial charge in [-0.1, -0.05) is 25.3 Å². The number of rotatable bonds is 4. The Kier molecular flexibility index (Phi) is 5.79. The van der Waals surface area contributed by atoms with E-state index in [0.29, 0.717) is 25.6 Å². The van der Waals surface area contributed by atoms with Gasteiger partial charge in [-0.25, -0.2) is 0 Å². The van der Waals surface area contributed by atoms with Crippen LogP contribution in [0.15, 0.2) is 35.0 Å². The summed E-state index contributed by atoms with van der Waals surface area (Å²) in [7, 11) is 1.81. The molecule has 0 N–H and O–H groups in total. The summed E-state index contributed by atoms with van der Waals surface area (Å²) in [5.41, 5.74) is 3.04. The second kappa shape index (κ2) is 8.44. The largest absolute Gasteiger partial charge is 0.491 e. The van der Waals surface area contributed by atoms with Gasteiger partial charge in [0, 0.05) is 24.6 Å². The molecule has 1 aliphatic carbocycles. The van der Waals surface area contributed by atoms with E-state index in [0.717, 1.165) is 16.9 Å². The normalized spacial score (nSPS) is 19.1. The number of amides is 1. The molecule has 0 radical (unpaired) electrons. The maximum Gasteiger partial charge on any atom is 0.255 e. The first-order valence-electron chi connectivity index (χ1n) is 9.86. The zero-order valence-electron chi connectivity index (χ0n) is 15.9. The van der Waals surface area contributed by atoms with Crippen molar-refractivity contribution in [1.29, 1.82) is 0 Å². The zero-order chi connectivity index (χ0) is 18.6. The Balaban J connectivity index is 1.57. The fourth-order valence-electron chi connectivity index (χ4n) is 4.37. The molecule has 2 heterocycles. The molecule has 1 aromatic heterocycles. The summed E-state index contributed by atoms with van der Waals surface area (Å²) in [5, 5.41) is 3.86. The smallest absolute Gasteiger partial charge is 0.255 e. The van der Waals surface area contributed by atoms with E-state index in [-0.39, 0.29) is 12.0 Å². The van der Waals surface area contributed by atoms with Crippen LogP contribution in [0.25, 0.3) is 0 Å². The predicted octanol–water partition coefficient (Wildman–Crippen LogP) is 5.05. The minimum Gasteiger partial charge on any atom is -0.491 e. The number of benzene rings is 1. The molecule has 2 aliphatic rings. The highest BCUT2D eigenvalue weighted by atomic mass is 32.1. The molecular weight excluding hydrogens is 358 g/mol. The summed E-state index contributed by atoms with van der Waals surface area (Å²) in [6.07, 6.45) is 6.51. The molecule has 5 heteroatoms. The molecule has 0 bridgehead atoms. The number of carbonyl (C=O) groups excluding carboxylic acids is 1. The number of hydrogen-bond donors (Lipinski definition) is 0. The Bertz CT molecular complexity index is 768. The second-order valence-corrected chi connectivity index (χ2v) is 8.29. The first-order valence-corrected chi connectivity index (χ1v) is 10.8. The molecule has 1 aromatic carbocycles. The van der Waals surface area contributed by atoms with Crippen molar-refractivity contribution in [2.45, 2.75) is 44.8 Å². The van der Waals surface area contributed by atoms with Crippen molar-refractivity contribution < 1.29 is 14.3 Å². The third kappa shape index (κ3) is 4.04. The first-order chi connectivity index (χ1) is 13.3. The lowest BCUT2D eigenvalue weighted by Gasteiger charge is -2.30. The van der Waals surface area contributed by atoms with Crippen LogP contribution in [0.4, 0.5) is 0 Å². The molecular formula is C22H27NO3S. The van der Waals surface area contributed by atoms with Crippen molar-refractivity contribution >= 4 is 17.2 Å². The van der Waals surface area contributed by atoms with Crippen molar-refractivity contribution in [3.63, 3.8) is 0 Å². The zero-order valence-corrected chi connectivity index (χ0v) is 16.7. The van der Waals surface area contributed by atoms with E-state index in [9.17, 15) is 4.79 Å². The van der Waals surface area contributed by atoms with E-state index in [1.165, 1.54) is 37.7 Å². The average molecular weight is 386 g/mol. The van der Waals surface area contributed by atoms with Crippen LogP contribution in [-0.4, -0.2) is 31.1 Å². The Morgan fingerprint density at radius 2 is 2.11 bits per heavy atom. The van der Waals surface area contributed by atoms with Crippen molar-refractivity contribution in [2.24, 2.45) is 5.92 Å². The highest BCUT2D eigenvalue weighted by molar-refractivity contribution is 7.08. The fourth-order valence-corrected chi connectivity index (χ4v) is 5.00. The third-order valence-corrected chi connectivity index (χ3v) is 6.46. The summed E-state index contributed by atoms with van der Waals surface area (Å²) in [5.74, 6) is 1.54. The van der Waals surface area contributed by atoms with E-state index < -0.39 is 0 Å². The van der Waals surface area contributed by atoms with Crippen LogP contribution in [0.2, 0.25) is 0 Å². The van der Waals surface area contributed by atoms with Gasteiger partial charge >= 0.3 is 0 Å². The Labute approximate surface area is 165 Å². The highest BCUT2D eigenvalue weighted by Gasteiger charge is 2.27. The molecule has 1 fully saturated rings. The average Bonchev–Trinajstić information content (AvgIpc) is 3.16. The van der Waals surface area contributed by atoms with E-state index >= 15 is 0 Å². The van der Waals surface area contributed by atoms with Crippen LogP contribution in [0.1, 0.15) is 59.7 Å². The van der Waals surface area contributed by atoms with Gasteiger partial charge in [0.2, 0.25) is 0 Å². The molecule has 0 saturated heterocycles. The number of hydrogen-bond acceptors (Lipinski definition) is 4. The lowest BCUT2D eigenvalue weighted by Crippen LogP contribution is -2.32. The third-order valence-electron chi connectivity index (χ3n) is 5.78. The molecule has 144 valence electrons. The molecule has 0 unspecified atom stereocenters. The number of fused-ring (bicyclic) bond motifs is 1. The summed E-state index contributed by atoms with van der Waals surface area (Å²) < 4.78 is 11.8. The minimum absolute atomic E-state index is 0.0775. The van der Waals surface area contributed by atoms with Crippen LogP contribution in [0, 0.1) is 5.92 Å². The van der Waals surface area contributed by atoms with Gasteiger partial charge in [-0.15, -0.1) is 0 Å².